The Labute approximate surface area is 206 Å². The number of hydrogen-bond acceptors (Lipinski definition) is 6. The number of sulfonamides is 1. The van der Waals surface area contributed by atoms with Gasteiger partial charge in [0.1, 0.15) is 0 Å². The van der Waals surface area contributed by atoms with Gasteiger partial charge in [-0.15, -0.1) is 0 Å². The summed E-state index contributed by atoms with van der Waals surface area (Å²) in [4.78, 5) is 14.7. The molecular formula is C25H31N5O4S. The number of rotatable bonds is 9. The van der Waals surface area contributed by atoms with Crippen LogP contribution >= 0.6 is 0 Å². The van der Waals surface area contributed by atoms with Gasteiger partial charge < -0.3 is 10.1 Å². The molecule has 1 saturated heterocycles. The van der Waals surface area contributed by atoms with Crippen LogP contribution in [0.15, 0.2) is 65.8 Å². The van der Waals surface area contributed by atoms with Crippen LogP contribution < -0.4 is 5.32 Å². The van der Waals surface area contributed by atoms with E-state index in [0.29, 0.717) is 50.6 Å². The van der Waals surface area contributed by atoms with E-state index >= 15 is 0 Å². The van der Waals surface area contributed by atoms with Gasteiger partial charge in [0.15, 0.2) is 0 Å². The van der Waals surface area contributed by atoms with Crippen LogP contribution in [0.1, 0.15) is 16.7 Å². The Balaban J connectivity index is 1.34. The summed E-state index contributed by atoms with van der Waals surface area (Å²) >= 11 is 0. The van der Waals surface area contributed by atoms with Crippen LogP contribution in [-0.4, -0.2) is 73.2 Å². The average molecular weight is 498 g/mol. The van der Waals surface area contributed by atoms with Crippen molar-refractivity contribution in [1.82, 2.24) is 19.0 Å². The van der Waals surface area contributed by atoms with Crippen LogP contribution in [0.25, 0.3) is 0 Å². The van der Waals surface area contributed by atoms with E-state index < -0.39 is 10.0 Å². The molecule has 0 aliphatic carbocycles. The third-order valence-electron chi connectivity index (χ3n) is 5.80. The van der Waals surface area contributed by atoms with Crippen LogP contribution in [0.2, 0.25) is 0 Å². The first-order valence-corrected chi connectivity index (χ1v) is 13.0. The summed E-state index contributed by atoms with van der Waals surface area (Å²) < 4.78 is 34.7. The quantitative estimate of drug-likeness (QED) is 0.488. The lowest BCUT2D eigenvalue weighted by Crippen LogP contribution is -2.40. The first kappa shape index (κ1) is 25.1. The van der Waals surface area contributed by atoms with Gasteiger partial charge in [-0.25, -0.2) is 8.42 Å². The van der Waals surface area contributed by atoms with Crippen molar-refractivity contribution in [2.75, 3.05) is 45.2 Å². The summed E-state index contributed by atoms with van der Waals surface area (Å²) in [5.74, 6) is -0.220. The number of nitrogens with zero attached hydrogens (tertiary/aromatic N) is 4. The van der Waals surface area contributed by atoms with Gasteiger partial charge in [0.05, 0.1) is 37.4 Å². The van der Waals surface area contributed by atoms with Crippen molar-refractivity contribution in [3.8, 4) is 0 Å². The number of carbonyl (C=O) groups excluding carboxylic acids is 1. The van der Waals surface area contributed by atoms with Crippen LogP contribution in [-0.2, 0) is 32.6 Å². The van der Waals surface area contributed by atoms with Gasteiger partial charge in [-0.3, -0.25) is 14.4 Å². The van der Waals surface area contributed by atoms with Gasteiger partial charge in [-0.1, -0.05) is 36.4 Å². The van der Waals surface area contributed by atoms with E-state index in [1.807, 2.05) is 41.0 Å². The first-order valence-electron chi connectivity index (χ1n) is 11.5. The van der Waals surface area contributed by atoms with Crippen molar-refractivity contribution < 1.29 is 17.9 Å². The van der Waals surface area contributed by atoms with Gasteiger partial charge in [-0.05, 0) is 37.2 Å². The SMILES string of the molecule is Cc1ccc(NC(=O)CN(C)Cc2cnn(Cc3ccccc3)c2)cc1S(=O)(=O)N1CCOCC1. The molecule has 1 aliphatic rings. The Morgan fingerprint density at radius 2 is 1.86 bits per heavy atom. The standard InChI is InChI=1S/C25H31N5O4S/c1-20-8-9-23(14-24(20)35(32,33)30-10-12-34-13-11-30)27-25(31)19-28(2)16-22-15-26-29(18-22)17-21-6-4-3-5-7-21/h3-9,14-15,18H,10-13,16-17,19H2,1-2H3,(H,27,31). The van der Waals surface area contributed by atoms with Gasteiger partial charge in [0.25, 0.3) is 0 Å². The molecule has 2 heterocycles. The Bertz CT molecular complexity index is 1250. The zero-order valence-corrected chi connectivity index (χ0v) is 20.9. The minimum Gasteiger partial charge on any atom is -0.379 e. The second-order valence-corrected chi connectivity index (χ2v) is 10.7. The number of amides is 1. The highest BCUT2D eigenvalue weighted by Crippen LogP contribution is 2.24. The van der Waals surface area contributed by atoms with Crippen molar-refractivity contribution in [3.63, 3.8) is 0 Å². The van der Waals surface area contributed by atoms with Gasteiger partial charge >= 0.3 is 0 Å². The molecule has 186 valence electrons. The molecule has 2 aromatic carbocycles. The van der Waals surface area contributed by atoms with Gasteiger partial charge in [-0.2, -0.15) is 9.40 Å². The number of ether oxygens (including phenoxy) is 1. The molecule has 10 heteroatoms. The molecule has 0 saturated carbocycles. The summed E-state index contributed by atoms with van der Waals surface area (Å²) in [6, 6.07) is 15.1. The van der Waals surface area contributed by atoms with Crippen LogP contribution in [0.4, 0.5) is 5.69 Å². The number of likely N-dealkylation sites (N-methyl/N-ethyl adjacent to an activating group) is 1. The largest absolute Gasteiger partial charge is 0.379 e. The van der Waals surface area contributed by atoms with E-state index in [9.17, 15) is 13.2 Å². The van der Waals surface area contributed by atoms with Crippen molar-refractivity contribution >= 4 is 21.6 Å². The van der Waals surface area contributed by atoms with E-state index in [1.54, 1.807) is 25.3 Å². The van der Waals surface area contributed by atoms with Crippen molar-refractivity contribution in [1.29, 1.82) is 0 Å². The van der Waals surface area contributed by atoms with E-state index in [2.05, 4.69) is 22.5 Å². The predicted octanol–water partition coefficient (Wildman–Crippen LogP) is 2.33. The molecule has 4 rings (SSSR count). The van der Waals surface area contributed by atoms with E-state index in [0.717, 1.165) is 5.56 Å². The molecule has 1 aromatic heterocycles. The summed E-state index contributed by atoms with van der Waals surface area (Å²) in [6.45, 7) is 4.57. The highest BCUT2D eigenvalue weighted by Gasteiger charge is 2.28. The number of hydrogen-bond donors (Lipinski definition) is 1. The van der Waals surface area contributed by atoms with Gasteiger partial charge in [0.2, 0.25) is 15.9 Å². The van der Waals surface area contributed by atoms with E-state index in [-0.39, 0.29) is 17.3 Å². The first-order chi connectivity index (χ1) is 16.8. The molecule has 1 amide bonds. The fourth-order valence-corrected chi connectivity index (χ4v) is 5.70. The van der Waals surface area contributed by atoms with Crippen molar-refractivity contribution in [2.24, 2.45) is 0 Å². The molecule has 1 N–H and O–H groups in total. The molecule has 0 atom stereocenters. The molecule has 1 aliphatic heterocycles. The van der Waals surface area contributed by atoms with Crippen molar-refractivity contribution in [3.05, 3.63) is 77.6 Å². The fourth-order valence-electron chi connectivity index (χ4n) is 4.04. The maximum atomic E-state index is 13.1. The summed E-state index contributed by atoms with van der Waals surface area (Å²) in [5, 5.41) is 7.24. The third kappa shape index (κ3) is 6.55. The zero-order valence-electron chi connectivity index (χ0n) is 20.1. The minimum atomic E-state index is -3.65. The Kier molecular flexibility index (Phi) is 7.97. The Morgan fingerprint density at radius 3 is 2.60 bits per heavy atom. The lowest BCUT2D eigenvalue weighted by Gasteiger charge is -2.27. The topological polar surface area (TPSA) is 96.8 Å². The molecular weight excluding hydrogens is 466 g/mol. The number of benzene rings is 2. The van der Waals surface area contributed by atoms with Crippen molar-refractivity contribution in [2.45, 2.75) is 24.9 Å². The third-order valence-corrected chi connectivity index (χ3v) is 7.84. The maximum Gasteiger partial charge on any atom is 0.243 e. The Hall–Kier alpha value is -3.05. The summed E-state index contributed by atoms with van der Waals surface area (Å²) in [5.41, 5.74) is 3.27. The van der Waals surface area contributed by atoms with Crippen LogP contribution in [0, 0.1) is 6.92 Å². The molecule has 9 nitrogen and oxygen atoms in total. The second-order valence-electron chi connectivity index (χ2n) is 8.75. The minimum absolute atomic E-state index is 0.156. The zero-order chi connectivity index (χ0) is 24.8. The summed E-state index contributed by atoms with van der Waals surface area (Å²) in [6.07, 6.45) is 3.78. The van der Waals surface area contributed by atoms with Crippen LogP contribution in [0.5, 0.6) is 0 Å². The predicted molar refractivity (Wildman–Crippen MR) is 133 cm³/mol. The molecule has 1 fully saturated rings. The number of anilines is 1. The van der Waals surface area contributed by atoms with E-state index in [1.165, 1.54) is 15.9 Å². The molecule has 3 aromatic rings. The molecule has 0 spiro atoms. The molecule has 0 radical (unpaired) electrons. The van der Waals surface area contributed by atoms with Crippen LogP contribution in [0.3, 0.4) is 0 Å². The lowest BCUT2D eigenvalue weighted by molar-refractivity contribution is -0.117. The highest BCUT2D eigenvalue weighted by molar-refractivity contribution is 7.89. The summed E-state index contributed by atoms with van der Waals surface area (Å²) in [7, 11) is -1.79. The number of aromatic nitrogens is 2. The smallest absolute Gasteiger partial charge is 0.243 e. The molecule has 35 heavy (non-hydrogen) atoms. The van der Waals surface area contributed by atoms with E-state index in [4.69, 9.17) is 4.74 Å². The number of morpholine rings is 1. The lowest BCUT2D eigenvalue weighted by atomic mass is 10.2. The monoisotopic (exact) mass is 497 g/mol. The van der Waals surface area contributed by atoms with Gasteiger partial charge in [0, 0.05) is 37.1 Å². The normalized spacial score (nSPS) is 14.8. The fraction of sp³-hybridized carbons (Fsp3) is 0.360. The number of nitrogens with one attached hydrogen (secondary N) is 1. The Morgan fingerprint density at radius 1 is 1.11 bits per heavy atom. The highest BCUT2D eigenvalue weighted by atomic mass is 32.2. The molecule has 0 unspecified atom stereocenters. The number of carbonyl (C=O) groups is 1. The second kappa shape index (κ2) is 11.1. The maximum absolute atomic E-state index is 13.1. The molecule has 0 bridgehead atoms. The average Bonchev–Trinajstić information content (AvgIpc) is 3.27. The number of aryl methyl sites for hydroxylation is 1.